The van der Waals surface area contributed by atoms with Crippen LogP contribution >= 0.6 is 11.6 Å². The molecule has 1 fully saturated rings. The topological polar surface area (TPSA) is 64.4 Å². The summed E-state index contributed by atoms with van der Waals surface area (Å²) >= 11 is 6.09. The SMILES string of the molecule is NCC#Cc1ccc(C(=O)NCC2CCOC2)cc1Cl. The molecule has 5 heteroatoms. The van der Waals surface area contributed by atoms with Crippen molar-refractivity contribution in [2.75, 3.05) is 26.3 Å². The molecule has 0 saturated carbocycles. The van der Waals surface area contributed by atoms with E-state index in [0.29, 0.717) is 35.2 Å². The van der Waals surface area contributed by atoms with Gasteiger partial charge in [-0.25, -0.2) is 0 Å². The minimum absolute atomic E-state index is 0.128. The fraction of sp³-hybridized carbons (Fsp3) is 0.400. The van der Waals surface area contributed by atoms with E-state index in [1.54, 1.807) is 18.2 Å². The number of hydrogen-bond donors (Lipinski definition) is 2. The molecule has 1 saturated heterocycles. The number of carbonyl (C=O) groups excluding carboxylic acids is 1. The summed E-state index contributed by atoms with van der Waals surface area (Å²) < 4.78 is 5.27. The van der Waals surface area contributed by atoms with E-state index in [9.17, 15) is 4.79 Å². The lowest BCUT2D eigenvalue weighted by Crippen LogP contribution is -2.29. The Bertz CT molecular complexity index is 543. The first-order chi connectivity index (χ1) is 9.70. The van der Waals surface area contributed by atoms with Gasteiger partial charge in [0.25, 0.3) is 5.91 Å². The van der Waals surface area contributed by atoms with Crippen LogP contribution in [0.15, 0.2) is 18.2 Å². The van der Waals surface area contributed by atoms with E-state index in [4.69, 9.17) is 22.1 Å². The second-order valence-electron chi connectivity index (χ2n) is 4.64. The van der Waals surface area contributed by atoms with Gasteiger partial charge in [0.1, 0.15) is 0 Å². The summed E-state index contributed by atoms with van der Waals surface area (Å²) in [5.41, 5.74) is 6.53. The van der Waals surface area contributed by atoms with E-state index in [1.165, 1.54) is 0 Å². The Kier molecular flexibility index (Phi) is 5.42. The third kappa shape index (κ3) is 3.97. The molecule has 1 aromatic carbocycles. The van der Waals surface area contributed by atoms with E-state index in [1.807, 2.05) is 0 Å². The van der Waals surface area contributed by atoms with Crippen molar-refractivity contribution in [1.29, 1.82) is 0 Å². The molecule has 0 bridgehead atoms. The first kappa shape index (κ1) is 14.9. The normalized spacial score (nSPS) is 17.4. The molecule has 1 unspecified atom stereocenters. The van der Waals surface area contributed by atoms with Gasteiger partial charge in [0.05, 0.1) is 18.2 Å². The molecule has 0 aliphatic carbocycles. The second-order valence-corrected chi connectivity index (χ2v) is 5.05. The molecule has 106 valence electrons. The van der Waals surface area contributed by atoms with E-state index < -0.39 is 0 Å². The smallest absolute Gasteiger partial charge is 0.251 e. The molecular weight excluding hydrogens is 276 g/mol. The lowest BCUT2D eigenvalue weighted by molar-refractivity contribution is 0.0945. The second kappa shape index (κ2) is 7.30. The lowest BCUT2D eigenvalue weighted by atomic mass is 10.1. The van der Waals surface area contributed by atoms with Crippen LogP contribution in [0.4, 0.5) is 0 Å². The molecule has 1 atom stereocenters. The third-order valence-electron chi connectivity index (χ3n) is 3.13. The summed E-state index contributed by atoms with van der Waals surface area (Å²) in [6, 6.07) is 5.08. The number of nitrogens with one attached hydrogen (secondary N) is 1. The molecule has 1 aliphatic rings. The first-order valence-electron chi connectivity index (χ1n) is 6.55. The zero-order valence-electron chi connectivity index (χ0n) is 11.1. The number of amides is 1. The summed E-state index contributed by atoms with van der Waals surface area (Å²) in [7, 11) is 0. The quantitative estimate of drug-likeness (QED) is 0.828. The number of benzene rings is 1. The van der Waals surface area contributed by atoms with Crippen LogP contribution in [0, 0.1) is 17.8 Å². The Balaban J connectivity index is 1.97. The van der Waals surface area contributed by atoms with Gasteiger partial charge in [-0.2, -0.15) is 0 Å². The Labute approximate surface area is 123 Å². The van der Waals surface area contributed by atoms with Gasteiger partial charge in [0.2, 0.25) is 0 Å². The molecule has 0 spiro atoms. The van der Waals surface area contributed by atoms with Gasteiger partial charge >= 0.3 is 0 Å². The number of nitrogens with two attached hydrogens (primary N) is 1. The molecule has 1 aromatic rings. The molecule has 1 amide bonds. The van der Waals surface area contributed by atoms with Crippen LogP contribution in [0.25, 0.3) is 0 Å². The largest absolute Gasteiger partial charge is 0.381 e. The number of ether oxygens (including phenoxy) is 1. The van der Waals surface area contributed by atoms with Gasteiger partial charge in [-0.15, -0.1) is 0 Å². The molecule has 0 radical (unpaired) electrons. The van der Waals surface area contributed by atoms with Crippen LogP contribution in [0.3, 0.4) is 0 Å². The fourth-order valence-corrected chi connectivity index (χ4v) is 2.22. The number of hydrogen-bond acceptors (Lipinski definition) is 3. The number of carbonyl (C=O) groups is 1. The van der Waals surface area contributed by atoms with Gasteiger partial charge in [0, 0.05) is 30.2 Å². The van der Waals surface area contributed by atoms with E-state index >= 15 is 0 Å². The zero-order valence-corrected chi connectivity index (χ0v) is 11.9. The van der Waals surface area contributed by atoms with Crippen molar-refractivity contribution in [3.8, 4) is 11.8 Å². The highest BCUT2D eigenvalue weighted by Crippen LogP contribution is 2.17. The van der Waals surface area contributed by atoms with Crippen molar-refractivity contribution < 1.29 is 9.53 Å². The Hall–Kier alpha value is -1.54. The predicted molar refractivity (Wildman–Crippen MR) is 78.6 cm³/mol. The van der Waals surface area contributed by atoms with Crippen LogP contribution in [0.5, 0.6) is 0 Å². The molecule has 0 aromatic heterocycles. The highest BCUT2D eigenvalue weighted by molar-refractivity contribution is 6.32. The van der Waals surface area contributed by atoms with E-state index in [0.717, 1.165) is 13.0 Å². The summed E-state index contributed by atoms with van der Waals surface area (Å²) in [5, 5.41) is 3.36. The summed E-state index contributed by atoms with van der Waals surface area (Å²) in [6.07, 6.45) is 0.995. The van der Waals surface area contributed by atoms with Crippen molar-refractivity contribution >= 4 is 17.5 Å². The average molecular weight is 293 g/mol. The maximum atomic E-state index is 12.0. The van der Waals surface area contributed by atoms with E-state index in [-0.39, 0.29) is 12.5 Å². The highest BCUT2D eigenvalue weighted by Gasteiger charge is 2.17. The monoisotopic (exact) mass is 292 g/mol. The van der Waals surface area contributed by atoms with Crippen LogP contribution < -0.4 is 11.1 Å². The average Bonchev–Trinajstić information content (AvgIpc) is 2.96. The van der Waals surface area contributed by atoms with Crippen LogP contribution in [-0.4, -0.2) is 32.2 Å². The molecule has 1 heterocycles. The number of rotatable bonds is 3. The number of halogens is 1. The molecule has 20 heavy (non-hydrogen) atoms. The van der Waals surface area contributed by atoms with Gasteiger partial charge in [-0.05, 0) is 24.6 Å². The maximum Gasteiger partial charge on any atom is 0.251 e. The Morgan fingerprint density at radius 2 is 2.40 bits per heavy atom. The van der Waals surface area contributed by atoms with Gasteiger partial charge < -0.3 is 15.8 Å². The summed E-state index contributed by atoms with van der Waals surface area (Å²) in [4.78, 5) is 12.0. The van der Waals surface area contributed by atoms with Crippen LogP contribution in [0.2, 0.25) is 5.02 Å². The zero-order chi connectivity index (χ0) is 14.4. The fourth-order valence-electron chi connectivity index (χ4n) is 1.99. The van der Waals surface area contributed by atoms with E-state index in [2.05, 4.69) is 17.2 Å². The van der Waals surface area contributed by atoms with Crippen molar-refractivity contribution in [3.63, 3.8) is 0 Å². The third-order valence-corrected chi connectivity index (χ3v) is 3.44. The molecule has 4 nitrogen and oxygen atoms in total. The molecular formula is C15H17ClN2O2. The summed E-state index contributed by atoms with van der Waals surface area (Å²) in [5.74, 6) is 5.87. The van der Waals surface area contributed by atoms with Gasteiger partial charge in [-0.3, -0.25) is 4.79 Å². The standard InChI is InChI=1S/C15H17ClN2O2/c16-14-8-13(4-3-12(14)2-1-6-17)15(19)18-9-11-5-7-20-10-11/h3-4,8,11H,5-7,9-10,17H2,(H,18,19). The van der Waals surface area contributed by atoms with Gasteiger partial charge in [-0.1, -0.05) is 23.4 Å². The van der Waals surface area contributed by atoms with Crippen molar-refractivity contribution in [1.82, 2.24) is 5.32 Å². The van der Waals surface area contributed by atoms with Crippen molar-refractivity contribution in [2.24, 2.45) is 11.7 Å². The Morgan fingerprint density at radius 3 is 3.05 bits per heavy atom. The van der Waals surface area contributed by atoms with Crippen molar-refractivity contribution in [3.05, 3.63) is 34.3 Å². The first-order valence-corrected chi connectivity index (χ1v) is 6.93. The van der Waals surface area contributed by atoms with Crippen molar-refractivity contribution in [2.45, 2.75) is 6.42 Å². The maximum absolute atomic E-state index is 12.0. The van der Waals surface area contributed by atoms with Gasteiger partial charge in [0.15, 0.2) is 0 Å². The lowest BCUT2D eigenvalue weighted by Gasteiger charge is -2.10. The minimum Gasteiger partial charge on any atom is -0.381 e. The minimum atomic E-state index is -0.128. The Morgan fingerprint density at radius 1 is 1.55 bits per heavy atom. The predicted octanol–water partition coefficient (Wildman–Crippen LogP) is 1.42. The molecule has 1 aliphatic heterocycles. The summed E-state index contributed by atoms with van der Waals surface area (Å²) in [6.45, 7) is 2.41. The highest BCUT2D eigenvalue weighted by atomic mass is 35.5. The molecule has 3 N–H and O–H groups in total. The molecule has 2 rings (SSSR count). The van der Waals surface area contributed by atoms with Crippen LogP contribution in [0.1, 0.15) is 22.3 Å². The van der Waals surface area contributed by atoms with Crippen LogP contribution in [-0.2, 0) is 4.74 Å².